The van der Waals surface area contributed by atoms with Crippen molar-refractivity contribution in [1.29, 1.82) is 0 Å². The van der Waals surface area contributed by atoms with Crippen LogP contribution in [0, 0.1) is 17.8 Å². The monoisotopic (exact) mass is 446 g/mol. The number of carbonyl (C=O) groups is 3. The lowest BCUT2D eigenvalue weighted by molar-refractivity contribution is -0.159. The number of rotatable bonds is 6. The Balaban J connectivity index is 1.02. The van der Waals surface area contributed by atoms with Gasteiger partial charge >= 0.3 is 12.1 Å². The highest BCUT2D eigenvalue weighted by Gasteiger charge is 2.64. The molecule has 2 heterocycles. The molecule has 170 valence electrons. The number of carboxylic acids is 1. The summed E-state index contributed by atoms with van der Waals surface area (Å²) in [4.78, 5) is 38.5. The van der Waals surface area contributed by atoms with Crippen LogP contribution in [0.25, 0.3) is 11.1 Å². The molecule has 5 aliphatic rings. The zero-order valence-electron chi connectivity index (χ0n) is 18.2. The molecule has 0 spiro atoms. The molecule has 2 bridgehead atoms. The van der Waals surface area contributed by atoms with Gasteiger partial charge in [-0.15, -0.1) is 0 Å². The summed E-state index contributed by atoms with van der Waals surface area (Å²) in [6.45, 7) is 1.17. The first kappa shape index (κ1) is 20.3. The Bertz CT molecular complexity index is 1110. The van der Waals surface area contributed by atoms with Crippen molar-refractivity contribution in [2.24, 2.45) is 17.8 Å². The molecule has 33 heavy (non-hydrogen) atoms. The number of fused-ring (bicyclic) bond motifs is 4. The molecule has 2 aromatic carbocycles. The van der Waals surface area contributed by atoms with Crippen LogP contribution in [-0.2, 0) is 14.3 Å². The summed E-state index contributed by atoms with van der Waals surface area (Å²) < 4.78 is 5.56. The number of hydrogen-bond donors (Lipinski definition) is 2. The van der Waals surface area contributed by atoms with E-state index in [1.807, 2.05) is 24.3 Å². The smallest absolute Gasteiger partial charge is 0.407 e. The van der Waals surface area contributed by atoms with Crippen molar-refractivity contribution in [3.05, 3.63) is 59.7 Å². The predicted octanol–water partition coefficient (Wildman–Crippen LogP) is 3.24. The summed E-state index contributed by atoms with van der Waals surface area (Å²) >= 11 is 0. The summed E-state index contributed by atoms with van der Waals surface area (Å²) in [7, 11) is 0. The van der Waals surface area contributed by atoms with E-state index in [1.54, 1.807) is 4.90 Å². The van der Waals surface area contributed by atoms with Crippen molar-refractivity contribution in [2.45, 2.75) is 30.7 Å². The van der Waals surface area contributed by atoms with E-state index < -0.39 is 17.6 Å². The molecule has 2 aliphatic heterocycles. The molecule has 0 aromatic heterocycles. The molecule has 2 aromatic rings. The fourth-order valence-electron chi connectivity index (χ4n) is 6.11. The van der Waals surface area contributed by atoms with E-state index in [-0.39, 0.29) is 30.3 Å². The maximum Gasteiger partial charge on any atom is 0.407 e. The van der Waals surface area contributed by atoms with Crippen LogP contribution >= 0.6 is 0 Å². The van der Waals surface area contributed by atoms with E-state index >= 15 is 0 Å². The molecular formula is C26H26N2O5. The number of ether oxygens (including phenoxy) is 1. The van der Waals surface area contributed by atoms with Crippen molar-refractivity contribution >= 4 is 18.0 Å². The number of carboxylic acid groups (broad SMARTS) is 1. The molecule has 3 aliphatic carbocycles. The second-order valence-corrected chi connectivity index (χ2v) is 9.87. The van der Waals surface area contributed by atoms with Gasteiger partial charge in [-0.05, 0) is 53.4 Å². The van der Waals surface area contributed by atoms with Crippen molar-refractivity contribution in [1.82, 2.24) is 10.2 Å². The van der Waals surface area contributed by atoms with Gasteiger partial charge in [0.2, 0.25) is 5.91 Å². The summed E-state index contributed by atoms with van der Waals surface area (Å²) in [6.07, 6.45) is 1.34. The first-order chi connectivity index (χ1) is 16.0. The van der Waals surface area contributed by atoms with Crippen molar-refractivity contribution in [2.75, 3.05) is 19.7 Å². The number of amides is 2. The van der Waals surface area contributed by atoms with Gasteiger partial charge in [-0.1, -0.05) is 48.5 Å². The summed E-state index contributed by atoms with van der Waals surface area (Å²) in [5.74, 6) is -0.792. The third-order valence-electron chi connectivity index (χ3n) is 7.97. The molecule has 2 N–H and O–H groups in total. The fourth-order valence-corrected chi connectivity index (χ4v) is 6.11. The average molecular weight is 447 g/mol. The van der Waals surface area contributed by atoms with Gasteiger partial charge in [0, 0.05) is 24.9 Å². The lowest BCUT2D eigenvalue weighted by Gasteiger charge is -2.37. The summed E-state index contributed by atoms with van der Waals surface area (Å²) in [5, 5.41) is 12.4. The first-order valence-corrected chi connectivity index (χ1v) is 11.6. The number of carbonyl (C=O) groups excluding carboxylic acids is 2. The Morgan fingerprint density at radius 1 is 1.03 bits per heavy atom. The molecule has 2 saturated heterocycles. The van der Waals surface area contributed by atoms with E-state index in [1.165, 1.54) is 11.1 Å². The average Bonchev–Trinajstić information content (AvgIpc) is 3.17. The van der Waals surface area contributed by atoms with Gasteiger partial charge in [0.15, 0.2) is 0 Å². The highest BCUT2D eigenvalue weighted by atomic mass is 16.5. The van der Waals surface area contributed by atoms with Crippen molar-refractivity contribution in [3.63, 3.8) is 0 Å². The van der Waals surface area contributed by atoms with Gasteiger partial charge in [-0.25, -0.2) is 9.59 Å². The minimum atomic E-state index is -0.977. The molecule has 0 unspecified atom stereocenters. The Kier molecular flexibility index (Phi) is 4.50. The van der Waals surface area contributed by atoms with Gasteiger partial charge in [-0.2, -0.15) is 0 Å². The van der Waals surface area contributed by atoms with E-state index in [0.717, 1.165) is 11.1 Å². The largest absolute Gasteiger partial charge is 0.479 e. The molecule has 7 heteroatoms. The van der Waals surface area contributed by atoms with Crippen LogP contribution in [-0.4, -0.2) is 53.2 Å². The van der Waals surface area contributed by atoms with Gasteiger partial charge in [0.1, 0.15) is 12.1 Å². The quantitative estimate of drug-likeness (QED) is 0.710. The van der Waals surface area contributed by atoms with Gasteiger partial charge in [0.05, 0.1) is 0 Å². The van der Waals surface area contributed by atoms with Crippen LogP contribution in [0.4, 0.5) is 4.79 Å². The van der Waals surface area contributed by atoms with E-state index in [2.05, 4.69) is 29.6 Å². The molecular weight excluding hydrogens is 420 g/mol. The Hall–Kier alpha value is -3.35. The molecule has 7 nitrogen and oxygen atoms in total. The predicted molar refractivity (Wildman–Crippen MR) is 119 cm³/mol. The molecule has 2 saturated carbocycles. The SMILES string of the molecule is O=C(NC[C@@H]1C[C@@H]1C(=O)N1CC2CC1(C(=O)O)C2)OCC1c2ccccc2-c2ccccc21. The minimum absolute atomic E-state index is 0.00673. The first-order valence-electron chi connectivity index (χ1n) is 11.6. The minimum Gasteiger partial charge on any atom is -0.479 e. The van der Waals surface area contributed by atoms with Crippen LogP contribution in [0.3, 0.4) is 0 Å². The fraction of sp³-hybridized carbons (Fsp3) is 0.423. The Morgan fingerprint density at radius 3 is 2.30 bits per heavy atom. The maximum absolute atomic E-state index is 12.9. The number of aliphatic carboxylic acids is 1. The highest BCUT2D eigenvalue weighted by molar-refractivity contribution is 5.91. The summed E-state index contributed by atoms with van der Waals surface area (Å²) in [5.41, 5.74) is 3.71. The third kappa shape index (κ3) is 3.13. The second-order valence-electron chi connectivity index (χ2n) is 9.87. The number of nitrogens with zero attached hydrogens (tertiary/aromatic N) is 1. The molecule has 4 fully saturated rings. The molecule has 0 radical (unpaired) electrons. The lowest BCUT2D eigenvalue weighted by Crippen LogP contribution is -2.55. The zero-order chi connectivity index (χ0) is 22.7. The maximum atomic E-state index is 12.9. The van der Waals surface area contributed by atoms with Crippen LogP contribution in [0.15, 0.2) is 48.5 Å². The van der Waals surface area contributed by atoms with Crippen molar-refractivity contribution in [3.8, 4) is 11.1 Å². The zero-order valence-corrected chi connectivity index (χ0v) is 18.2. The standard InChI is InChI=1S/C26H26N2O5/c29-23(28-13-15-10-26(28,11-15)24(30)31)21-9-16(21)12-27-25(32)33-14-22-19-7-3-1-5-17(19)18-6-2-4-8-20(18)22/h1-8,15-16,21-22H,9-14H2,(H,27,32)(H,30,31)/t15?,16-,21-,26?/m0/s1. The Labute approximate surface area is 191 Å². The van der Waals surface area contributed by atoms with Crippen LogP contribution in [0.2, 0.25) is 0 Å². The van der Waals surface area contributed by atoms with Gasteiger partial charge in [-0.3, -0.25) is 4.79 Å². The highest BCUT2D eigenvalue weighted by Crippen LogP contribution is 2.53. The van der Waals surface area contributed by atoms with Crippen molar-refractivity contribution < 1.29 is 24.2 Å². The van der Waals surface area contributed by atoms with E-state index in [4.69, 9.17) is 4.74 Å². The molecule has 2 atom stereocenters. The number of nitrogens with one attached hydrogen (secondary N) is 1. The number of hydrogen-bond acceptors (Lipinski definition) is 4. The van der Waals surface area contributed by atoms with Gasteiger partial charge in [0.25, 0.3) is 0 Å². The Morgan fingerprint density at radius 2 is 1.67 bits per heavy atom. The van der Waals surface area contributed by atoms with Crippen LogP contribution in [0.5, 0.6) is 0 Å². The molecule has 7 rings (SSSR count). The lowest BCUT2D eigenvalue weighted by atomic mass is 9.73. The normalized spacial score (nSPS) is 28.5. The van der Waals surface area contributed by atoms with Gasteiger partial charge < -0.3 is 20.1 Å². The second kappa shape index (κ2) is 7.33. The number of alkyl carbamates (subject to hydrolysis) is 1. The molecule has 2 amide bonds. The number of benzene rings is 2. The topological polar surface area (TPSA) is 95.9 Å². The summed E-state index contributed by atoms with van der Waals surface area (Å²) in [6, 6.07) is 16.4. The van der Waals surface area contributed by atoms with Crippen LogP contribution in [0.1, 0.15) is 36.3 Å². The van der Waals surface area contributed by atoms with E-state index in [0.29, 0.717) is 38.3 Å². The van der Waals surface area contributed by atoms with E-state index in [9.17, 15) is 19.5 Å². The third-order valence-corrected chi connectivity index (χ3v) is 7.97. The van der Waals surface area contributed by atoms with Crippen LogP contribution < -0.4 is 5.32 Å².